The molecule has 0 aliphatic heterocycles. The molecule has 0 atom stereocenters. The topological polar surface area (TPSA) is 30.7 Å². The summed E-state index contributed by atoms with van der Waals surface area (Å²) < 4.78 is 3.16. The van der Waals surface area contributed by atoms with Crippen LogP contribution in [0.2, 0.25) is 5.82 Å². The Morgan fingerprint density at radius 3 is 2.75 bits per heavy atom. The molecule has 0 fully saturated rings. The Bertz CT molecular complexity index is 488. The number of nitrogens with zero attached hydrogens (tertiary/aromatic N) is 3. The number of rotatable bonds is 3. The van der Waals surface area contributed by atoms with E-state index in [1.165, 1.54) is 4.47 Å². The third-order valence-electron chi connectivity index (χ3n) is 2.20. The molecular formula is C12H13N3Se. The van der Waals surface area contributed by atoms with Crippen molar-refractivity contribution in [2.24, 2.45) is 0 Å². The van der Waals surface area contributed by atoms with Crippen LogP contribution in [0, 0.1) is 0 Å². The van der Waals surface area contributed by atoms with Gasteiger partial charge in [-0.1, -0.05) is 0 Å². The maximum absolute atomic E-state index is 4.13. The molecule has 0 aliphatic carbocycles. The molecule has 2 rings (SSSR count). The second-order valence-corrected chi connectivity index (χ2v) is 5.59. The Hall–Kier alpha value is -1.38. The van der Waals surface area contributed by atoms with Crippen LogP contribution in [0.5, 0.6) is 0 Å². The number of hydrogen-bond donors (Lipinski definition) is 0. The van der Waals surface area contributed by atoms with Gasteiger partial charge >= 0.3 is 101 Å². The van der Waals surface area contributed by atoms with Gasteiger partial charge in [0.05, 0.1) is 0 Å². The summed E-state index contributed by atoms with van der Waals surface area (Å²) in [5, 5.41) is 8.23. The number of allylic oxidation sites excluding steroid dienone is 1. The Balaban J connectivity index is 2.27. The van der Waals surface area contributed by atoms with E-state index in [1.807, 2.05) is 36.5 Å². The molecule has 0 radical (unpaired) electrons. The quantitative estimate of drug-likeness (QED) is 0.807. The molecule has 0 N–H and O–H groups in total. The van der Waals surface area contributed by atoms with Gasteiger partial charge in [0.2, 0.25) is 0 Å². The minimum atomic E-state index is 0.538. The van der Waals surface area contributed by atoms with Gasteiger partial charge in [0.1, 0.15) is 0 Å². The number of benzene rings is 1. The molecule has 0 aliphatic rings. The molecule has 0 unspecified atom stereocenters. The molecule has 1 aromatic heterocycles. The Morgan fingerprint density at radius 2 is 2.06 bits per heavy atom. The molecule has 1 aromatic carbocycles. The first-order chi connectivity index (χ1) is 7.79. The molecule has 2 aromatic rings. The SMILES string of the molecule is C[Se]/C(C)=C\c1cn(-c2ccccc2)nn1. The van der Waals surface area contributed by atoms with E-state index in [1.54, 1.807) is 4.68 Å². The van der Waals surface area contributed by atoms with Gasteiger partial charge < -0.3 is 0 Å². The van der Waals surface area contributed by atoms with Crippen LogP contribution in [0.3, 0.4) is 0 Å². The first-order valence-corrected chi connectivity index (χ1v) is 7.56. The summed E-state index contributed by atoms with van der Waals surface area (Å²) in [5.41, 5.74) is 1.96. The predicted molar refractivity (Wildman–Crippen MR) is 66.6 cm³/mol. The van der Waals surface area contributed by atoms with E-state index in [9.17, 15) is 0 Å². The van der Waals surface area contributed by atoms with E-state index in [4.69, 9.17) is 0 Å². The fraction of sp³-hybridized carbons (Fsp3) is 0.167. The van der Waals surface area contributed by atoms with Crippen molar-refractivity contribution in [2.75, 3.05) is 0 Å². The summed E-state index contributed by atoms with van der Waals surface area (Å²) in [6.45, 7) is 2.13. The van der Waals surface area contributed by atoms with Crippen molar-refractivity contribution in [2.45, 2.75) is 12.7 Å². The summed E-state index contributed by atoms with van der Waals surface area (Å²) in [6, 6.07) is 10.0. The fourth-order valence-corrected chi connectivity index (χ4v) is 1.82. The summed E-state index contributed by atoms with van der Waals surface area (Å²) in [5.74, 6) is 2.19. The molecule has 0 saturated carbocycles. The standard InChI is InChI=1S/C12H13N3Se/c1-10(16-2)8-11-9-15(14-13-11)12-6-4-3-5-7-12/h3-9H,1-2H3/b10-8-. The fourth-order valence-electron chi connectivity index (χ4n) is 1.32. The molecular weight excluding hydrogens is 265 g/mol. The summed E-state index contributed by atoms with van der Waals surface area (Å²) in [6.07, 6.45) is 4.04. The molecule has 0 saturated heterocycles. The molecule has 16 heavy (non-hydrogen) atoms. The predicted octanol–water partition coefficient (Wildman–Crippen LogP) is 2.38. The van der Waals surface area contributed by atoms with E-state index in [2.05, 4.69) is 29.1 Å². The van der Waals surface area contributed by atoms with Gasteiger partial charge in [-0.25, -0.2) is 0 Å². The van der Waals surface area contributed by atoms with Crippen LogP contribution in [-0.4, -0.2) is 30.0 Å². The van der Waals surface area contributed by atoms with Crippen molar-refractivity contribution in [3.8, 4) is 5.69 Å². The molecule has 4 heteroatoms. The first kappa shape index (κ1) is 11.1. The van der Waals surface area contributed by atoms with E-state index >= 15 is 0 Å². The van der Waals surface area contributed by atoms with E-state index in [0.717, 1.165) is 11.4 Å². The number of para-hydroxylation sites is 1. The zero-order valence-electron chi connectivity index (χ0n) is 9.29. The van der Waals surface area contributed by atoms with Crippen LogP contribution < -0.4 is 0 Å². The average molecular weight is 278 g/mol. The Morgan fingerprint density at radius 1 is 1.31 bits per heavy atom. The van der Waals surface area contributed by atoms with Gasteiger partial charge in [-0.05, 0) is 0 Å². The molecule has 0 spiro atoms. The molecule has 3 nitrogen and oxygen atoms in total. The van der Waals surface area contributed by atoms with Crippen LogP contribution in [0.15, 0.2) is 41.0 Å². The number of hydrogen-bond acceptors (Lipinski definition) is 2. The van der Waals surface area contributed by atoms with Gasteiger partial charge in [0.15, 0.2) is 0 Å². The van der Waals surface area contributed by atoms with Gasteiger partial charge in [0.25, 0.3) is 0 Å². The van der Waals surface area contributed by atoms with Gasteiger partial charge in [-0.3, -0.25) is 0 Å². The summed E-state index contributed by atoms with van der Waals surface area (Å²) in [4.78, 5) is 0. The van der Waals surface area contributed by atoms with E-state index < -0.39 is 0 Å². The van der Waals surface area contributed by atoms with Gasteiger partial charge in [-0.15, -0.1) is 0 Å². The molecule has 1 heterocycles. The second kappa shape index (κ2) is 5.10. The number of aromatic nitrogens is 3. The molecule has 0 bridgehead atoms. The third kappa shape index (κ3) is 2.60. The Kier molecular flexibility index (Phi) is 3.54. The van der Waals surface area contributed by atoms with Crippen LogP contribution in [0.1, 0.15) is 12.6 Å². The van der Waals surface area contributed by atoms with Crippen molar-refractivity contribution in [1.82, 2.24) is 15.0 Å². The van der Waals surface area contributed by atoms with Crippen LogP contribution in [0.25, 0.3) is 11.8 Å². The van der Waals surface area contributed by atoms with Gasteiger partial charge in [0, 0.05) is 0 Å². The van der Waals surface area contributed by atoms with Crippen LogP contribution >= 0.6 is 0 Å². The van der Waals surface area contributed by atoms with E-state index in [0.29, 0.717) is 15.0 Å². The average Bonchev–Trinajstić information content (AvgIpc) is 2.78. The van der Waals surface area contributed by atoms with Crippen molar-refractivity contribution < 1.29 is 0 Å². The van der Waals surface area contributed by atoms with Gasteiger partial charge in [-0.2, -0.15) is 0 Å². The van der Waals surface area contributed by atoms with Crippen molar-refractivity contribution in [3.05, 3.63) is 46.7 Å². The normalized spacial score (nSPS) is 11.8. The molecule has 82 valence electrons. The summed E-state index contributed by atoms with van der Waals surface area (Å²) >= 11 is 0.538. The zero-order valence-corrected chi connectivity index (χ0v) is 11.0. The monoisotopic (exact) mass is 279 g/mol. The van der Waals surface area contributed by atoms with Crippen molar-refractivity contribution in [1.29, 1.82) is 0 Å². The molecule has 0 amide bonds. The second-order valence-electron chi connectivity index (χ2n) is 3.38. The maximum atomic E-state index is 4.13. The van der Waals surface area contributed by atoms with Crippen molar-refractivity contribution in [3.63, 3.8) is 0 Å². The summed E-state index contributed by atoms with van der Waals surface area (Å²) in [7, 11) is 0. The Labute approximate surface area is 101 Å². The van der Waals surface area contributed by atoms with Crippen LogP contribution in [-0.2, 0) is 0 Å². The first-order valence-electron chi connectivity index (χ1n) is 4.99. The third-order valence-corrected chi connectivity index (χ3v) is 3.80. The van der Waals surface area contributed by atoms with Crippen molar-refractivity contribution >= 4 is 21.0 Å². The zero-order chi connectivity index (χ0) is 11.4. The van der Waals surface area contributed by atoms with E-state index in [-0.39, 0.29) is 0 Å². The minimum absolute atomic E-state index is 0.538. The van der Waals surface area contributed by atoms with Crippen LogP contribution in [0.4, 0.5) is 0 Å².